The molecule has 0 radical (unpaired) electrons. The van der Waals surface area contributed by atoms with E-state index in [-0.39, 0.29) is 6.04 Å². The highest BCUT2D eigenvalue weighted by Crippen LogP contribution is 2.34. The minimum atomic E-state index is 0.0722. The average molecular weight is 275 g/mol. The topological polar surface area (TPSA) is 57.5 Å². The van der Waals surface area contributed by atoms with Gasteiger partial charge in [-0.05, 0) is 6.07 Å². The summed E-state index contributed by atoms with van der Waals surface area (Å²) >= 11 is 0. The van der Waals surface area contributed by atoms with Crippen molar-refractivity contribution in [3.05, 3.63) is 23.8 Å². The number of nitrogens with zero attached hydrogens (tertiary/aromatic N) is 2. The number of nitriles is 1. The summed E-state index contributed by atoms with van der Waals surface area (Å²) in [4.78, 5) is 2.34. The molecule has 1 heterocycles. The van der Waals surface area contributed by atoms with Crippen molar-refractivity contribution in [1.29, 1.82) is 5.26 Å². The van der Waals surface area contributed by atoms with E-state index in [0.29, 0.717) is 6.42 Å². The molecule has 0 amide bonds. The molecule has 5 nitrogen and oxygen atoms in total. The molecule has 0 spiro atoms. The fourth-order valence-corrected chi connectivity index (χ4v) is 2.61. The largest absolute Gasteiger partial charge is 0.497 e. The molecule has 0 saturated carbocycles. The zero-order valence-corrected chi connectivity index (χ0v) is 12.1. The number of hydrogen-bond donors (Lipinski definition) is 1. The minimum absolute atomic E-state index is 0.0722. The lowest BCUT2D eigenvalue weighted by atomic mass is 10.0. The van der Waals surface area contributed by atoms with E-state index >= 15 is 0 Å². The number of methoxy groups -OCH3 is 2. The molecule has 0 aliphatic carbocycles. The van der Waals surface area contributed by atoms with Gasteiger partial charge >= 0.3 is 0 Å². The molecule has 0 aromatic heterocycles. The Hall–Kier alpha value is -1.77. The lowest BCUT2D eigenvalue weighted by molar-refractivity contribution is 0.172. The number of rotatable bonds is 5. The first kappa shape index (κ1) is 14.6. The third-order valence-corrected chi connectivity index (χ3v) is 3.68. The van der Waals surface area contributed by atoms with Gasteiger partial charge in [0.05, 0.1) is 32.8 Å². The highest BCUT2D eigenvalue weighted by atomic mass is 16.5. The van der Waals surface area contributed by atoms with Gasteiger partial charge in [-0.15, -0.1) is 0 Å². The summed E-state index contributed by atoms with van der Waals surface area (Å²) in [5, 5.41) is 12.5. The van der Waals surface area contributed by atoms with Gasteiger partial charge in [-0.3, -0.25) is 4.90 Å². The number of piperazine rings is 1. The van der Waals surface area contributed by atoms with Crippen molar-refractivity contribution in [3.8, 4) is 17.6 Å². The van der Waals surface area contributed by atoms with E-state index in [1.807, 2.05) is 18.2 Å². The fourth-order valence-electron chi connectivity index (χ4n) is 2.61. The van der Waals surface area contributed by atoms with Crippen LogP contribution in [-0.2, 0) is 0 Å². The zero-order chi connectivity index (χ0) is 14.4. The predicted octanol–water partition coefficient (Wildman–Crippen LogP) is 1.56. The second kappa shape index (κ2) is 7.13. The van der Waals surface area contributed by atoms with Crippen molar-refractivity contribution in [1.82, 2.24) is 10.2 Å². The van der Waals surface area contributed by atoms with Gasteiger partial charge < -0.3 is 14.8 Å². The molecule has 1 N–H and O–H groups in total. The Kier molecular flexibility index (Phi) is 5.22. The van der Waals surface area contributed by atoms with Crippen LogP contribution in [0.3, 0.4) is 0 Å². The maximum absolute atomic E-state index is 9.14. The van der Waals surface area contributed by atoms with E-state index in [1.165, 1.54) is 0 Å². The Labute approximate surface area is 120 Å². The van der Waals surface area contributed by atoms with Crippen LogP contribution in [0.2, 0.25) is 0 Å². The molecule has 1 aromatic rings. The maximum atomic E-state index is 9.14. The minimum Gasteiger partial charge on any atom is -0.497 e. The van der Waals surface area contributed by atoms with E-state index in [0.717, 1.165) is 43.2 Å². The van der Waals surface area contributed by atoms with Gasteiger partial charge in [-0.1, -0.05) is 6.07 Å². The molecule has 0 unspecified atom stereocenters. The van der Waals surface area contributed by atoms with E-state index in [2.05, 4.69) is 16.3 Å². The van der Waals surface area contributed by atoms with Crippen molar-refractivity contribution < 1.29 is 9.47 Å². The maximum Gasteiger partial charge on any atom is 0.127 e. The molecule has 1 atom stereocenters. The average Bonchev–Trinajstić information content (AvgIpc) is 2.53. The van der Waals surface area contributed by atoms with Crippen LogP contribution in [0, 0.1) is 11.3 Å². The summed E-state index contributed by atoms with van der Waals surface area (Å²) in [6.07, 6.45) is 0.461. The van der Waals surface area contributed by atoms with Crippen LogP contribution in [-0.4, -0.2) is 45.3 Å². The van der Waals surface area contributed by atoms with Gasteiger partial charge in [-0.2, -0.15) is 5.26 Å². The molecule has 20 heavy (non-hydrogen) atoms. The third kappa shape index (κ3) is 3.21. The van der Waals surface area contributed by atoms with Crippen LogP contribution in [0.25, 0.3) is 0 Å². The van der Waals surface area contributed by atoms with Crippen molar-refractivity contribution in [2.75, 3.05) is 40.4 Å². The standard InChI is InChI=1S/C15H21N3O2/c1-19-12-3-4-13(15(11-12)20-2)14(5-6-16)18-9-7-17-8-10-18/h3-4,11,14,17H,5,7-10H2,1-2H3/t14-/m1/s1. The molecule has 1 aromatic carbocycles. The van der Waals surface area contributed by atoms with Gasteiger partial charge in [0.15, 0.2) is 0 Å². The first-order chi connectivity index (χ1) is 9.80. The van der Waals surface area contributed by atoms with Gasteiger partial charge in [0.1, 0.15) is 11.5 Å². The van der Waals surface area contributed by atoms with Crippen molar-refractivity contribution in [3.63, 3.8) is 0 Å². The Morgan fingerprint density at radius 2 is 2.05 bits per heavy atom. The molecular formula is C15H21N3O2. The van der Waals surface area contributed by atoms with E-state index in [1.54, 1.807) is 14.2 Å². The Bertz CT molecular complexity index is 478. The predicted molar refractivity (Wildman–Crippen MR) is 77.0 cm³/mol. The van der Waals surface area contributed by atoms with Crippen LogP contribution in [0.15, 0.2) is 18.2 Å². The highest BCUT2D eigenvalue weighted by Gasteiger charge is 2.24. The molecule has 1 saturated heterocycles. The lowest BCUT2D eigenvalue weighted by Crippen LogP contribution is -2.45. The van der Waals surface area contributed by atoms with Gasteiger partial charge in [0, 0.05) is 37.8 Å². The smallest absolute Gasteiger partial charge is 0.127 e. The summed E-state index contributed by atoms with van der Waals surface area (Å²) in [6.45, 7) is 3.81. The van der Waals surface area contributed by atoms with Crippen LogP contribution >= 0.6 is 0 Å². The fraction of sp³-hybridized carbons (Fsp3) is 0.533. The van der Waals surface area contributed by atoms with Gasteiger partial charge in [0.2, 0.25) is 0 Å². The highest BCUT2D eigenvalue weighted by molar-refractivity contribution is 5.43. The molecular weight excluding hydrogens is 254 g/mol. The molecule has 2 rings (SSSR count). The number of hydrogen-bond acceptors (Lipinski definition) is 5. The quantitative estimate of drug-likeness (QED) is 0.884. The molecule has 5 heteroatoms. The van der Waals surface area contributed by atoms with E-state index < -0.39 is 0 Å². The molecule has 1 aliphatic rings. The van der Waals surface area contributed by atoms with E-state index in [4.69, 9.17) is 14.7 Å². The third-order valence-electron chi connectivity index (χ3n) is 3.68. The zero-order valence-electron chi connectivity index (χ0n) is 12.1. The van der Waals surface area contributed by atoms with Crippen molar-refractivity contribution in [2.24, 2.45) is 0 Å². The van der Waals surface area contributed by atoms with Crippen molar-refractivity contribution in [2.45, 2.75) is 12.5 Å². The molecule has 0 bridgehead atoms. The Balaban J connectivity index is 2.30. The van der Waals surface area contributed by atoms with E-state index in [9.17, 15) is 0 Å². The number of nitrogens with one attached hydrogen (secondary N) is 1. The second-order valence-electron chi connectivity index (χ2n) is 4.77. The Morgan fingerprint density at radius 3 is 2.65 bits per heavy atom. The monoisotopic (exact) mass is 275 g/mol. The molecule has 1 aliphatic heterocycles. The lowest BCUT2D eigenvalue weighted by Gasteiger charge is -2.34. The van der Waals surface area contributed by atoms with Gasteiger partial charge in [0.25, 0.3) is 0 Å². The summed E-state index contributed by atoms with van der Waals surface area (Å²) in [5.74, 6) is 1.55. The first-order valence-corrected chi connectivity index (χ1v) is 6.83. The second-order valence-corrected chi connectivity index (χ2v) is 4.77. The van der Waals surface area contributed by atoms with Gasteiger partial charge in [-0.25, -0.2) is 0 Å². The molecule has 1 fully saturated rings. The first-order valence-electron chi connectivity index (χ1n) is 6.83. The summed E-state index contributed by atoms with van der Waals surface area (Å²) in [7, 11) is 3.29. The number of benzene rings is 1. The van der Waals surface area contributed by atoms with Crippen molar-refractivity contribution >= 4 is 0 Å². The normalized spacial score (nSPS) is 17.2. The van der Waals surface area contributed by atoms with Crippen LogP contribution in [0.4, 0.5) is 0 Å². The van der Waals surface area contributed by atoms with Crippen LogP contribution in [0.1, 0.15) is 18.0 Å². The van der Waals surface area contributed by atoms with Crippen LogP contribution < -0.4 is 14.8 Å². The SMILES string of the molecule is COc1ccc([C@@H](CC#N)N2CCNCC2)c(OC)c1. The summed E-state index contributed by atoms with van der Waals surface area (Å²) in [5.41, 5.74) is 1.05. The number of ether oxygens (including phenoxy) is 2. The summed E-state index contributed by atoms with van der Waals surface area (Å²) < 4.78 is 10.7. The summed E-state index contributed by atoms with van der Waals surface area (Å²) in [6, 6.07) is 8.17. The van der Waals surface area contributed by atoms with Crippen LogP contribution in [0.5, 0.6) is 11.5 Å². The molecule has 108 valence electrons. The Morgan fingerprint density at radius 1 is 1.30 bits per heavy atom.